The van der Waals surface area contributed by atoms with Crippen molar-refractivity contribution in [2.45, 2.75) is 19.3 Å². The zero-order chi connectivity index (χ0) is 10.9. The lowest BCUT2D eigenvalue weighted by Crippen LogP contribution is -2.10. The van der Waals surface area contributed by atoms with Crippen LogP contribution in [0.25, 0.3) is 10.4 Å². The van der Waals surface area contributed by atoms with Crippen LogP contribution in [0.15, 0.2) is 35.4 Å². The Balaban J connectivity index is 2.19. The summed E-state index contributed by atoms with van der Waals surface area (Å²) in [5.74, 6) is -0.143. The van der Waals surface area contributed by atoms with Crippen LogP contribution in [0.3, 0.4) is 0 Å². The van der Waals surface area contributed by atoms with Crippen LogP contribution in [0.4, 0.5) is 0 Å². The van der Waals surface area contributed by atoms with Crippen LogP contribution in [-0.2, 0) is 4.79 Å². The van der Waals surface area contributed by atoms with E-state index in [1.54, 1.807) is 0 Å². The number of azide groups is 1. The fourth-order valence-electron chi connectivity index (χ4n) is 1.93. The summed E-state index contributed by atoms with van der Waals surface area (Å²) in [4.78, 5) is 14.0. The van der Waals surface area contributed by atoms with E-state index in [4.69, 9.17) is 5.53 Å². The highest BCUT2D eigenvalue weighted by atomic mass is 16.2. The molecule has 0 unspecified atom stereocenters. The maximum Gasteiger partial charge on any atom is 0.225 e. The minimum atomic E-state index is -0.479. The van der Waals surface area contributed by atoms with Crippen LogP contribution in [0.5, 0.6) is 0 Å². The van der Waals surface area contributed by atoms with E-state index in [-0.39, 0.29) is 11.8 Å². The molecule has 1 fully saturated rings. The molecule has 0 bridgehead atoms. The van der Waals surface area contributed by atoms with E-state index in [9.17, 15) is 4.79 Å². The van der Waals surface area contributed by atoms with E-state index in [1.807, 2.05) is 37.3 Å². The summed E-state index contributed by atoms with van der Waals surface area (Å²) in [6, 6.07) is 9.84. The van der Waals surface area contributed by atoms with Crippen molar-refractivity contribution in [1.29, 1.82) is 0 Å². The lowest BCUT2D eigenvalue weighted by atomic mass is 10.0. The molecule has 0 heterocycles. The number of amides is 1. The molecule has 0 aliphatic heterocycles. The molecule has 1 aliphatic rings. The van der Waals surface area contributed by atoms with Gasteiger partial charge in [0, 0.05) is 10.3 Å². The molecule has 4 heteroatoms. The molecule has 1 amide bonds. The van der Waals surface area contributed by atoms with E-state index >= 15 is 0 Å². The molecule has 4 nitrogen and oxygen atoms in total. The monoisotopic (exact) mass is 201 g/mol. The minimum Gasteiger partial charge on any atom is -0.292 e. The van der Waals surface area contributed by atoms with Gasteiger partial charge in [-0.25, -0.2) is 0 Å². The molecule has 1 aromatic rings. The number of hydrogen-bond acceptors (Lipinski definition) is 1. The predicted molar refractivity (Wildman–Crippen MR) is 56.1 cm³/mol. The summed E-state index contributed by atoms with van der Waals surface area (Å²) in [6.45, 7) is 1.85. The Bertz CT molecular complexity index is 436. The quantitative estimate of drug-likeness (QED) is 0.412. The van der Waals surface area contributed by atoms with E-state index in [0.717, 1.165) is 12.0 Å². The van der Waals surface area contributed by atoms with Gasteiger partial charge in [-0.05, 0) is 28.5 Å². The third kappa shape index (κ3) is 1.60. The normalized spacial score (nSPS) is 27.9. The fraction of sp³-hybridized carbons (Fsp3) is 0.364. The second-order valence-corrected chi connectivity index (χ2v) is 4.08. The Kier molecular flexibility index (Phi) is 2.21. The third-order valence-electron chi connectivity index (χ3n) is 3.06. The molecule has 1 saturated carbocycles. The van der Waals surface area contributed by atoms with Gasteiger partial charge in [-0.15, -0.1) is 0 Å². The molecule has 0 N–H and O–H groups in total. The van der Waals surface area contributed by atoms with Crippen LogP contribution >= 0.6 is 0 Å². The molecule has 1 aliphatic carbocycles. The summed E-state index contributed by atoms with van der Waals surface area (Å²) in [7, 11) is 0. The van der Waals surface area contributed by atoms with Crippen molar-refractivity contribution < 1.29 is 4.79 Å². The number of carbonyl (C=O) groups is 1. The van der Waals surface area contributed by atoms with Crippen LogP contribution < -0.4 is 0 Å². The van der Waals surface area contributed by atoms with Gasteiger partial charge in [-0.1, -0.05) is 37.3 Å². The summed E-state index contributed by atoms with van der Waals surface area (Å²) in [6.07, 6.45) is 0.773. The van der Waals surface area contributed by atoms with Gasteiger partial charge in [0.2, 0.25) is 5.91 Å². The Morgan fingerprint density at radius 1 is 1.53 bits per heavy atom. The van der Waals surface area contributed by atoms with Gasteiger partial charge in [-0.3, -0.25) is 4.79 Å². The van der Waals surface area contributed by atoms with Gasteiger partial charge in [0.1, 0.15) is 0 Å². The first-order chi connectivity index (χ1) is 7.18. The van der Waals surface area contributed by atoms with Crippen molar-refractivity contribution in [2.75, 3.05) is 0 Å². The second-order valence-electron chi connectivity index (χ2n) is 4.08. The standard InChI is InChI=1S/C11H11N3O/c1-11(10(15)13-14-12)7-9(11)8-5-3-2-4-6-8/h2-6,9H,7H2,1H3/t9-,11-/m1/s1. The van der Waals surface area contributed by atoms with E-state index in [1.165, 1.54) is 0 Å². The molecular formula is C11H11N3O. The van der Waals surface area contributed by atoms with Gasteiger partial charge in [0.05, 0.1) is 0 Å². The van der Waals surface area contributed by atoms with Crippen molar-refractivity contribution in [3.63, 3.8) is 0 Å². The van der Waals surface area contributed by atoms with Crippen molar-refractivity contribution in [2.24, 2.45) is 10.5 Å². The van der Waals surface area contributed by atoms with Gasteiger partial charge in [-0.2, -0.15) is 0 Å². The molecular weight excluding hydrogens is 190 g/mol. The van der Waals surface area contributed by atoms with Crippen molar-refractivity contribution in [1.82, 2.24) is 0 Å². The van der Waals surface area contributed by atoms with Gasteiger partial charge < -0.3 is 0 Å². The third-order valence-corrected chi connectivity index (χ3v) is 3.06. The Hall–Kier alpha value is -1.80. The number of hydrogen-bond donors (Lipinski definition) is 0. The Labute approximate surface area is 87.5 Å². The largest absolute Gasteiger partial charge is 0.292 e. The zero-order valence-electron chi connectivity index (χ0n) is 8.42. The molecule has 15 heavy (non-hydrogen) atoms. The van der Waals surface area contributed by atoms with Crippen molar-refractivity contribution >= 4 is 5.91 Å². The molecule has 2 atom stereocenters. The summed E-state index contributed by atoms with van der Waals surface area (Å²) < 4.78 is 0. The molecule has 76 valence electrons. The maximum absolute atomic E-state index is 11.5. The van der Waals surface area contributed by atoms with Crippen molar-refractivity contribution in [3.8, 4) is 0 Å². The highest BCUT2D eigenvalue weighted by Gasteiger charge is 2.55. The van der Waals surface area contributed by atoms with Crippen LogP contribution in [0, 0.1) is 5.41 Å². The smallest absolute Gasteiger partial charge is 0.225 e. The summed E-state index contributed by atoms with van der Waals surface area (Å²) >= 11 is 0. The van der Waals surface area contributed by atoms with Gasteiger partial charge in [0.25, 0.3) is 0 Å². The SMILES string of the molecule is C[C@@]1(C(=O)N=[N+]=[N-])C[C@@H]1c1ccccc1. The van der Waals surface area contributed by atoms with Gasteiger partial charge in [0.15, 0.2) is 0 Å². The summed E-state index contributed by atoms with van der Waals surface area (Å²) in [5, 5.41) is 3.18. The molecule has 2 rings (SSSR count). The Morgan fingerprint density at radius 2 is 2.20 bits per heavy atom. The first-order valence-electron chi connectivity index (χ1n) is 4.83. The number of carbonyl (C=O) groups excluding carboxylic acids is 1. The molecule has 0 radical (unpaired) electrons. The predicted octanol–water partition coefficient (Wildman–Crippen LogP) is 3.02. The lowest BCUT2D eigenvalue weighted by Gasteiger charge is -2.05. The molecule has 0 saturated heterocycles. The van der Waals surface area contributed by atoms with E-state index in [0.29, 0.717) is 0 Å². The van der Waals surface area contributed by atoms with Crippen LogP contribution in [0.2, 0.25) is 0 Å². The average molecular weight is 201 g/mol. The maximum atomic E-state index is 11.5. The highest BCUT2D eigenvalue weighted by molar-refractivity contribution is 5.87. The van der Waals surface area contributed by atoms with E-state index in [2.05, 4.69) is 10.0 Å². The van der Waals surface area contributed by atoms with Gasteiger partial charge >= 0.3 is 0 Å². The zero-order valence-corrected chi connectivity index (χ0v) is 8.42. The first-order valence-corrected chi connectivity index (χ1v) is 4.83. The Morgan fingerprint density at radius 3 is 2.80 bits per heavy atom. The van der Waals surface area contributed by atoms with E-state index < -0.39 is 5.41 Å². The average Bonchev–Trinajstić information content (AvgIpc) is 2.94. The number of rotatable bonds is 2. The van der Waals surface area contributed by atoms with Crippen LogP contribution in [0.1, 0.15) is 24.8 Å². The minimum absolute atomic E-state index is 0.205. The first kappa shape index (κ1) is 9.74. The fourth-order valence-corrected chi connectivity index (χ4v) is 1.93. The van der Waals surface area contributed by atoms with Crippen LogP contribution in [-0.4, -0.2) is 5.91 Å². The number of benzene rings is 1. The second kappa shape index (κ2) is 3.41. The summed E-state index contributed by atoms with van der Waals surface area (Å²) in [5.41, 5.74) is 8.88. The lowest BCUT2D eigenvalue weighted by molar-refractivity contribution is -0.122. The number of nitrogens with zero attached hydrogens (tertiary/aromatic N) is 3. The molecule has 0 aromatic heterocycles. The molecule has 0 spiro atoms. The molecule has 1 aromatic carbocycles. The topological polar surface area (TPSA) is 65.8 Å². The van der Waals surface area contributed by atoms with Crippen molar-refractivity contribution in [3.05, 3.63) is 46.3 Å². The highest BCUT2D eigenvalue weighted by Crippen LogP contribution is 2.59.